The molecule has 0 bridgehead atoms. The highest BCUT2D eigenvalue weighted by atomic mass is 16.5. The molecule has 0 aliphatic heterocycles. The lowest BCUT2D eigenvalue weighted by Gasteiger charge is -2.17. The average Bonchev–Trinajstić information content (AvgIpc) is 2.23. The third kappa shape index (κ3) is 13.3. The number of hydrogen-bond donors (Lipinski definition) is 2. The number of carbonyl (C=O) groups excluding carboxylic acids is 1. The van der Waals surface area contributed by atoms with Gasteiger partial charge in [-0.1, -0.05) is 20.8 Å². The molecule has 0 radical (unpaired) electrons. The third-order valence-electron chi connectivity index (χ3n) is 1.81. The van der Waals surface area contributed by atoms with Gasteiger partial charge in [0.15, 0.2) is 0 Å². The Hall–Kier alpha value is -0.650. The second-order valence-electron chi connectivity index (χ2n) is 5.05. The summed E-state index contributed by atoms with van der Waals surface area (Å²) < 4.78 is 10.4. The number of hydrogen-bond acceptors (Lipinski definition) is 4. The molecule has 5 heteroatoms. The standard InChI is InChI=1S/C12H25NO4/c1-12(2,3)10-17-7-4-11(15)13-5-8-16-9-6-14/h14H,4-10H2,1-3H3,(H,13,15). The Labute approximate surface area is 103 Å². The Morgan fingerprint density at radius 3 is 2.47 bits per heavy atom. The first kappa shape index (κ1) is 16.4. The second kappa shape index (κ2) is 9.39. The molecule has 102 valence electrons. The fourth-order valence-corrected chi connectivity index (χ4v) is 1.06. The minimum absolute atomic E-state index is 0.00852. The highest BCUT2D eigenvalue weighted by molar-refractivity contribution is 5.75. The zero-order chi connectivity index (χ0) is 13.1. The van der Waals surface area contributed by atoms with Crippen LogP contribution in [0, 0.1) is 5.41 Å². The van der Waals surface area contributed by atoms with Gasteiger partial charge in [0.25, 0.3) is 0 Å². The van der Waals surface area contributed by atoms with E-state index in [1.807, 2.05) is 0 Å². The van der Waals surface area contributed by atoms with Crippen LogP contribution in [0.1, 0.15) is 27.2 Å². The lowest BCUT2D eigenvalue weighted by molar-refractivity contribution is -0.122. The molecule has 0 aromatic carbocycles. The smallest absolute Gasteiger partial charge is 0.222 e. The molecule has 2 N–H and O–H groups in total. The molecule has 5 nitrogen and oxygen atoms in total. The van der Waals surface area contributed by atoms with Crippen LogP contribution in [-0.4, -0.2) is 50.6 Å². The first-order valence-corrected chi connectivity index (χ1v) is 5.99. The zero-order valence-corrected chi connectivity index (χ0v) is 11.1. The van der Waals surface area contributed by atoms with Gasteiger partial charge >= 0.3 is 0 Å². The number of aliphatic hydroxyl groups excluding tert-OH is 1. The van der Waals surface area contributed by atoms with Crippen LogP contribution in [0.15, 0.2) is 0 Å². The molecule has 0 saturated carbocycles. The summed E-state index contributed by atoms with van der Waals surface area (Å²) in [5.41, 5.74) is 0.134. The summed E-state index contributed by atoms with van der Waals surface area (Å²) in [5.74, 6) is -0.0356. The van der Waals surface area contributed by atoms with Crippen LogP contribution in [0.5, 0.6) is 0 Å². The van der Waals surface area contributed by atoms with E-state index in [-0.39, 0.29) is 17.9 Å². The van der Waals surface area contributed by atoms with Crippen molar-refractivity contribution in [2.45, 2.75) is 27.2 Å². The van der Waals surface area contributed by atoms with Crippen LogP contribution in [-0.2, 0) is 14.3 Å². The zero-order valence-electron chi connectivity index (χ0n) is 11.1. The predicted molar refractivity (Wildman–Crippen MR) is 65.8 cm³/mol. The number of carbonyl (C=O) groups is 1. The Kier molecular flexibility index (Phi) is 9.03. The van der Waals surface area contributed by atoms with Gasteiger partial charge in [0.05, 0.1) is 33.0 Å². The van der Waals surface area contributed by atoms with Gasteiger partial charge in [-0.2, -0.15) is 0 Å². The van der Waals surface area contributed by atoms with Crippen LogP contribution in [0.25, 0.3) is 0 Å². The van der Waals surface area contributed by atoms with Crippen molar-refractivity contribution in [2.75, 3.05) is 39.6 Å². The van der Waals surface area contributed by atoms with Gasteiger partial charge in [-0.3, -0.25) is 4.79 Å². The number of amides is 1. The van der Waals surface area contributed by atoms with E-state index in [2.05, 4.69) is 26.1 Å². The van der Waals surface area contributed by atoms with Gasteiger partial charge in [-0.05, 0) is 5.41 Å². The van der Waals surface area contributed by atoms with E-state index in [0.29, 0.717) is 39.4 Å². The largest absolute Gasteiger partial charge is 0.394 e. The van der Waals surface area contributed by atoms with E-state index in [1.165, 1.54) is 0 Å². The third-order valence-corrected chi connectivity index (χ3v) is 1.81. The van der Waals surface area contributed by atoms with Crippen LogP contribution < -0.4 is 5.32 Å². The molecule has 0 atom stereocenters. The van der Waals surface area contributed by atoms with Gasteiger partial charge in [-0.15, -0.1) is 0 Å². The fraction of sp³-hybridized carbons (Fsp3) is 0.917. The van der Waals surface area contributed by atoms with Gasteiger partial charge in [0.2, 0.25) is 5.91 Å². The monoisotopic (exact) mass is 247 g/mol. The molecular weight excluding hydrogens is 222 g/mol. The Bertz CT molecular complexity index is 201. The molecule has 1 amide bonds. The molecule has 0 aliphatic rings. The van der Waals surface area contributed by atoms with E-state index in [9.17, 15) is 4.79 Å². The molecule has 0 aromatic heterocycles. The van der Waals surface area contributed by atoms with Crippen LogP contribution >= 0.6 is 0 Å². The first-order valence-electron chi connectivity index (χ1n) is 5.99. The Balaban J connectivity index is 3.29. The first-order chi connectivity index (χ1) is 7.95. The van der Waals surface area contributed by atoms with Gasteiger partial charge in [-0.25, -0.2) is 0 Å². The number of nitrogens with one attached hydrogen (secondary N) is 1. The summed E-state index contributed by atoms with van der Waals surface area (Å²) in [6.45, 7) is 8.58. The summed E-state index contributed by atoms with van der Waals surface area (Å²) >= 11 is 0. The van der Waals surface area contributed by atoms with Crippen molar-refractivity contribution >= 4 is 5.91 Å². The van der Waals surface area contributed by atoms with Crippen LogP contribution in [0.2, 0.25) is 0 Å². The quantitative estimate of drug-likeness (QED) is 0.584. The lowest BCUT2D eigenvalue weighted by atomic mass is 9.99. The number of aliphatic hydroxyl groups is 1. The highest BCUT2D eigenvalue weighted by Crippen LogP contribution is 2.12. The van der Waals surface area contributed by atoms with Crippen molar-refractivity contribution in [2.24, 2.45) is 5.41 Å². The van der Waals surface area contributed by atoms with Gasteiger partial charge in [0.1, 0.15) is 0 Å². The normalized spacial score (nSPS) is 11.5. The molecule has 17 heavy (non-hydrogen) atoms. The summed E-state index contributed by atoms with van der Waals surface area (Å²) in [6, 6.07) is 0. The summed E-state index contributed by atoms with van der Waals surface area (Å²) in [4.78, 5) is 11.3. The van der Waals surface area contributed by atoms with E-state index in [4.69, 9.17) is 14.6 Å². The molecule has 0 spiro atoms. The maximum Gasteiger partial charge on any atom is 0.222 e. The van der Waals surface area contributed by atoms with Gasteiger partial charge in [0, 0.05) is 13.0 Å². The van der Waals surface area contributed by atoms with Crippen molar-refractivity contribution in [3.63, 3.8) is 0 Å². The van der Waals surface area contributed by atoms with E-state index in [0.717, 1.165) is 0 Å². The van der Waals surface area contributed by atoms with Gasteiger partial charge < -0.3 is 19.9 Å². The van der Waals surface area contributed by atoms with Crippen LogP contribution in [0.4, 0.5) is 0 Å². The predicted octanol–water partition coefficient (Wildman–Crippen LogP) is 0.564. The Morgan fingerprint density at radius 1 is 1.18 bits per heavy atom. The average molecular weight is 247 g/mol. The van der Waals surface area contributed by atoms with Crippen molar-refractivity contribution in [1.82, 2.24) is 5.32 Å². The van der Waals surface area contributed by atoms with Crippen molar-refractivity contribution in [3.05, 3.63) is 0 Å². The maximum atomic E-state index is 11.3. The summed E-state index contributed by atoms with van der Waals surface area (Å²) in [7, 11) is 0. The molecule has 0 aliphatic carbocycles. The van der Waals surface area contributed by atoms with E-state index in [1.54, 1.807) is 0 Å². The topological polar surface area (TPSA) is 67.8 Å². The molecule has 0 fully saturated rings. The number of ether oxygens (including phenoxy) is 2. The maximum absolute atomic E-state index is 11.3. The second-order valence-corrected chi connectivity index (χ2v) is 5.05. The molecule has 0 rings (SSSR count). The fourth-order valence-electron chi connectivity index (χ4n) is 1.06. The molecule has 0 saturated heterocycles. The lowest BCUT2D eigenvalue weighted by Crippen LogP contribution is -2.28. The van der Waals surface area contributed by atoms with Crippen molar-refractivity contribution in [1.29, 1.82) is 0 Å². The minimum atomic E-state index is -0.0356. The molecule has 0 unspecified atom stereocenters. The van der Waals surface area contributed by atoms with Crippen molar-refractivity contribution in [3.8, 4) is 0 Å². The van der Waals surface area contributed by atoms with E-state index >= 15 is 0 Å². The molecule has 0 heterocycles. The van der Waals surface area contributed by atoms with Crippen LogP contribution in [0.3, 0.4) is 0 Å². The molecule has 0 aromatic rings. The minimum Gasteiger partial charge on any atom is -0.394 e. The summed E-state index contributed by atoms with van der Waals surface area (Å²) in [5, 5.41) is 11.2. The molecular formula is C12H25NO4. The SMILES string of the molecule is CC(C)(C)COCCC(=O)NCCOCCO. The van der Waals surface area contributed by atoms with Crippen molar-refractivity contribution < 1.29 is 19.4 Å². The summed E-state index contributed by atoms with van der Waals surface area (Å²) in [6.07, 6.45) is 0.371. The van der Waals surface area contributed by atoms with E-state index < -0.39 is 0 Å². The Morgan fingerprint density at radius 2 is 1.88 bits per heavy atom. The highest BCUT2D eigenvalue weighted by Gasteiger charge is 2.10. The number of rotatable bonds is 9.